The zero-order valence-electron chi connectivity index (χ0n) is 20.8. The lowest BCUT2D eigenvalue weighted by atomic mass is 9.79. The standard InChI is InChI=1S/C25H30FN5O3S/c1-14-9-17(10-15(2)19(14)26)31-21(29-8-7-27-22(29)32)18-16(3)30(23(33)34-24(4,5)6)11-25(12-35-13-25)20(18)28-31/h7-10,16H,11-13H2,1-6H3,(H,27,32)/t16-/m0/s1. The van der Waals surface area contributed by atoms with E-state index < -0.39 is 5.60 Å². The van der Waals surface area contributed by atoms with Crippen LogP contribution < -0.4 is 5.69 Å². The molecule has 4 heterocycles. The highest BCUT2D eigenvalue weighted by Gasteiger charge is 2.53. The molecule has 0 unspecified atom stereocenters. The number of carbonyl (C=O) groups is 1. The van der Waals surface area contributed by atoms with Crippen LogP contribution in [-0.2, 0) is 10.2 Å². The lowest BCUT2D eigenvalue weighted by molar-refractivity contribution is 0.00975. The third-order valence-corrected chi connectivity index (χ3v) is 8.20. The molecule has 1 amide bonds. The summed E-state index contributed by atoms with van der Waals surface area (Å²) in [6.45, 7) is 11.4. The highest BCUT2D eigenvalue weighted by Crippen LogP contribution is 2.50. The van der Waals surface area contributed by atoms with Gasteiger partial charge in [-0.15, -0.1) is 0 Å². The quantitative estimate of drug-likeness (QED) is 0.565. The highest BCUT2D eigenvalue weighted by atomic mass is 32.2. The van der Waals surface area contributed by atoms with Gasteiger partial charge in [-0.2, -0.15) is 16.9 Å². The average molecular weight is 500 g/mol. The molecule has 1 fully saturated rings. The van der Waals surface area contributed by atoms with Crippen molar-refractivity contribution in [3.8, 4) is 11.5 Å². The van der Waals surface area contributed by atoms with Crippen molar-refractivity contribution >= 4 is 17.9 Å². The van der Waals surface area contributed by atoms with Crippen LogP contribution in [0.15, 0.2) is 29.3 Å². The third-order valence-electron chi connectivity index (χ3n) is 6.69. The van der Waals surface area contributed by atoms with Crippen molar-refractivity contribution in [1.82, 2.24) is 24.2 Å². The van der Waals surface area contributed by atoms with E-state index in [1.807, 2.05) is 27.7 Å². The van der Waals surface area contributed by atoms with E-state index in [0.717, 1.165) is 22.8 Å². The van der Waals surface area contributed by atoms with Crippen LogP contribution in [0.25, 0.3) is 11.5 Å². The molecule has 2 aliphatic rings. The zero-order chi connectivity index (χ0) is 25.3. The maximum Gasteiger partial charge on any atom is 0.410 e. The van der Waals surface area contributed by atoms with E-state index in [0.29, 0.717) is 29.2 Å². The number of hydrogen-bond donors (Lipinski definition) is 1. The van der Waals surface area contributed by atoms with Gasteiger partial charge in [0.1, 0.15) is 17.2 Å². The first-order chi connectivity index (χ1) is 16.4. The Morgan fingerprint density at radius 3 is 2.43 bits per heavy atom. The molecule has 1 spiro atoms. The second-order valence-corrected chi connectivity index (χ2v) is 11.6. The highest BCUT2D eigenvalue weighted by molar-refractivity contribution is 8.00. The number of aromatic amines is 1. The first kappa shape index (κ1) is 23.7. The Hall–Kier alpha value is -3.01. The van der Waals surface area contributed by atoms with E-state index in [2.05, 4.69) is 4.98 Å². The normalized spacial score (nSPS) is 18.9. The number of thioether (sulfide) groups is 1. The summed E-state index contributed by atoms with van der Waals surface area (Å²) in [6.07, 6.45) is 2.84. The van der Waals surface area contributed by atoms with Crippen molar-refractivity contribution in [2.75, 3.05) is 18.1 Å². The lowest BCUT2D eigenvalue weighted by Gasteiger charge is -2.49. The van der Waals surface area contributed by atoms with Gasteiger partial charge in [-0.05, 0) is 64.8 Å². The van der Waals surface area contributed by atoms with Gasteiger partial charge in [0.25, 0.3) is 0 Å². The molecule has 1 atom stereocenters. The molecule has 2 aromatic heterocycles. The number of nitrogens with zero attached hydrogens (tertiary/aromatic N) is 4. The van der Waals surface area contributed by atoms with Crippen molar-refractivity contribution in [3.05, 3.63) is 63.2 Å². The predicted octanol–water partition coefficient (Wildman–Crippen LogP) is 4.40. The van der Waals surface area contributed by atoms with Crippen LogP contribution in [0.4, 0.5) is 9.18 Å². The number of fused-ring (bicyclic) bond motifs is 2. The second-order valence-electron chi connectivity index (χ2n) is 10.6. The average Bonchev–Trinajstić information content (AvgIpc) is 3.33. The summed E-state index contributed by atoms with van der Waals surface area (Å²) < 4.78 is 23.4. The summed E-state index contributed by atoms with van der Waals surface area (Å²) in [5.41, 5.74) is 2.06. The molecule has 5 rings (SSSR count). The minimum Gasteiger partial charge on any atom is -0.444 e. The van der Waals surface area contributed by atoms with Gasteiger partial charge in [-0.3, -0.25) is 4.57 Å². The molecule has 3 aromatic rings. The third kappa shape index (κ3) is 3.78. The fourth-order valence-electron chi connectivity index (χ4n) is 4.96. The van der Waals surface area contributed by atoms with E-state index in [-0.39, 0.29) is 29.1 Å². The molecule has 1 N–H and O–H groups in total. The number of nitrogens with one attached hydrogen (secondary N) is 1. The summed E-state index contributed by atoms with van der Waals surface area (Å²) in [7, 11) is 0. The largest absolute Gasteiger partial charge is 0.444 e. The van der Waals surface area contributed by atoms with Gasteiger partial charge in [0.05, 0.1) is 22.8 Å². The Labute approximate surface area is 207 Å². The molecule has 35 heavy (non-hydrogen) atoms. The number of rotatable bonds is 2. The molecule has 10 heteroatoms. The van der Waals surface area contributed by atoms with Crippen LogP contribution in [0, 0.1) is 19.7 Å². The van der Waals surface area contributed by atoms with Gasteiger partial charge in [-0.1, -0.05) is 0 Å². The fourth-order valence-corrected chi connectivity index (χ4v) is 6.11. The molecule has 0 bridgehead atoms. The molecule has 1 saturated heterocycles. The van der Waals surface area contributed by atoms with Gasteiger partial charge in [0.2, 0.25) is 0 Å². The van der Waals surface area contributed by atoms with Crippen LogP contribution >= 0.6 is 11.8 Å². The van der Waals surface area contributed by atoms with Crippen LogP contribution in [0.1, 0.15) is 56.1 Å². The summed E-state index contributed by atoms with van der Waals surface area (Å²) in [5, 5.41) is 5.05. The Bertz CT molecular complexity index is 1360. The van der Waals surface area contributed by atoms with Gasteiger partial charge < -0.3 is 14.6 Å². The zero-order valence-corrected chi connectivity index (χ0v) is 21.6. The molecule has 1 aromatic carbocycles. The van der Waals surface area contributed by atoms with Crippen molar-refractivity contribution in [2.24, 2.45) is 0 Å². The lowest BCUT2D eigenvalue weighted by Crippen LogP contribution is -2.56. The number of benzene rings is 1. The van der Waals surface area contributed by atoms with Crippen LogP contribution in [0.3, 0.4) is 0 Å². The summed E-state index contributed by atoms with van der Waals surface area (Å²) in [5.74, 6) is 1.91. The minimum absolute atomic E-state index is 0.262. The molecular weight excluding hydrogens is 469 g/mol. The predicted molar refractivity (Wildman–Crippen MR) is 133 cm³/mol. The molecule has 8 nitrogen and oxygen atoms in total. The monoisotopic (exact) mass is 499 g/mol. The number of carbonyl (C=O) groups excluding carboxylic acids is 1. The SMILES string of the molecule is Cc1cc(-n2nc3c(c2-n2cc[nH]c2=O)[C@H](C)N(C(=O)OC(C)(C)C)CC32CSC2)cc(C)c1F. The van der Waals surface area contributed by atoms with E-state index in [9.17, 15) is 14.0 Å². The van der Waals surface area contributed by atoms with Gasteiger partial charge in [0, 0.05) is 36.0 Å². The molecule has 186 valence electrons. The smallest absolute Gasteiger partial charge is 0.410 e. The Morgan fingerprint density at radius 2 is 1.91 bits per heavy atom. The number of imidazole rings is 1. The molecule has 0 saturated carbocycles. The number of ether oxygens (including phenoxy) is 1. The van der Waals surface area contributed by atoms with Gasteiger partial charge >= 0.3 is 11.8 Å². The Morgan fingerprint density at radius 1 is 1.26 bits per heavy atom. The molecular formula is C25H30FN5O3S. The van der Waals surface area contributed by atoms with Crippen molar-refractivity contribution in [1.29, 1.82) is 0 Å². The van der Waals surface area contributed by atoms with Crippen molar-refractivity contribution in [2.45, 2.75) is 58.6 Å². The van der Waals surface area contributed by atoms with Gasteiger partial charge in [-0.25, -0.2) is 18.7 Å². The van der Waals surface area contributed by atoms with Crippen molar-refractivity contribution < 1.29 is 13.9 Å². The molecule has 0 radical (unpaired) electrons. The summed E-state index contributed by atoms with van der Waals surface area (Å²) in [4.78, 5) is 30.6. The van der Waals surface area contributed by atoms with E-state index in [4.69, 9.17) is 9.84 Å². The number of H-pyrrole nitrogens is 1. The van der Waals surface area contributed by atoms with Gasteiger partial charge in [0.15, 0.2) is 0 Å². The Kier molecular flexibility index (Phi) is 5.43. The number of aromatic nitrogens is 4. The number of hydrogen-bond acceptors (Lipinski definition) is 5. The Balaban J connectivity index is 1.76. The van der Waals surface area contributed by atoms with Crippen LogP contribution in [0.5, 0.6) is 0 Å². The number of amides is 1. The van der Waals surface area contributed by atoms with E-state index in [1.165, 1.54) is 4.57 Å². The van der Waals surface area contributed by atoms with Crippen LogP contribution in [0.2, 0.25) is 0 Å². The van der Waals surface area contributed by atoms with Crippen molar-refractivity contribution in [3.63, 3.8) is 0 Å². The maximum absolute atomic E-state index is 14.5. The molecule has 0 aliphatic carbocycles. The molecule has 2 aliphatic heterocycles. The summed E-state index contributed by atoms with van der Waals surface area (Å²) >= 11 is 1.80. The minimum atomic E-state index is -0.633. The first-order valence-electron chi connectivity index (χ1n) is 11.7. The fraction of sp³-hybridized carbons (Fsp3) is 0.480. The number of halogens is 1. The van der Waals surface area contributed by atoms with E-state index in [1.54, 1.807) is 59.7 Å². The first-order valence-corrected chi connectivity index (χ1v) is 12.8. The maximum atomic E-state index is 14.5. The topological polar surface area (TPSA) is 85.2 Å². The van der Waals surface area contributed by atoms with Crippen LogP contribution in [-0.4, -0.2) is 54.0 Å². The number of aryl methyl sites for hydroxylation is 2. The van der Waals surface area contributed by atoms with E-state index >= 15 is 0 Å². The second kappa shape index (κ2) is 8.01. The summed E-state index contributed by atoms with van der Waals surface area (Å²) in [6, 6.07) is 3.09.